The van der Waals surface area contributed by atoms with Gasteiger partial charge in [0.05, 0.1) is 21.3 Å². The van der Waals surface area contributed by atoms with Crippen molar-refractivity contribution in [2.75, 3.05) is 34.4 Å². The SMILES string of the molecule is COc1cc(C)c(C[NH+](C)CC(=O)NC(=O)NCC(C)C)cc1OC. The number of aryl methyl sites for hydroxylation is 1. The van der Waals surface area contributed by atoms with Crippen LogP contribution < -0.4 is 25.0 Å². The molecule has 0 saturated carbocycles. The van der Waals surface area contributed by atoms with Crippen molar-refractivity contribution in [1.29, 1.82) is 0 Å². The van der Waals surface area contributed by atoms with Gasteiger partial charge in [-0.3, -0.25) is 10.1 Å². The monoisotopic (exact) mass is 352 g/mol. The first-order valence-electron chi connectivity index (χ1n) is 8.37. The number of imide groups is 1. The smallest absolute Gasteiger partial charge is 0.321 e. The Morgan fingerprint density at radius 3 is 2.32 bits per heavy atom. The van der Waals surface area contributed by atoms with E-state index >= 15 is 0 Å². The van der Waals surface area contributed by atoms with Crippen LogP contribution in [0.3, 0.4) is 0 Å². The minimum Gasteiger partial charge on any atom is -0.493 e. The molecule has 140 valence electrons. The summed E-state index contributed by atoms with van der Waals surface area (Å²) in [7, 11) is 5.10. The molecule has 0 aromatic heterocycles. The van der Waals surface area contributed by atoms with E-state index in [1.807, 2.05) is 40.0 Å². The van der Waals surface area contributed by atoms with Gasteiger partial charge in [-0.15, -0.1) is 0 Å². The van der Waals surface area contributed by atoms with Gasteiger partial charge >= 0.3 is 6.03 Å². The number of hydrogen-bond donors (Lipinski definition) is 3. The summed E-state index contributed by atoms with van der Waals surface area (Å²) in [5.74, 6) is 1.37. The van der Waals surface area contributed by atoms with E-state index < -0.39 is 6.03 Å². The van der Waals surface area contributed by atoms with Crippen LogP contribution in [0.15, 0.2) is 12.1 Å². The molecule has 0 aliphatic rings. The molecular weight excluding hydrogens is 322 g/mol. The molecule has 7 heteroatoms. The molecule has 1 rings (SSSR count). The number of amides is 3. The summed E-state index contributed by atoms with van der Waals surface area (Å²) >= 11 is 0. The zero-order valence-corrected chi connectivity index (χ0v) is 16.0. The largest absolute Gasteiger partial charge is 0.493 e. The Balaban J connectivity index is 2.60. The average Bonchev–Trinajstić information content (AvgIpc) is 2.54. The van der Waals surface area contributed by atoms with Crippen molar-refractivity contribution in [2.45, 2.75) is 27.3 Å². The summed E-state index contributed by atoms with van der Waals surface area (Å²) in [6, 6.07) is 3.39. The lowest BCUT2D eigenvalue weighted by Crippen LogP contribution is -3.09. The van der Waals surface area contributed by atoms with Crippen molar-refractivity contribution < 1.29 is 24.0 Å². The van der Waals surface area contributed by atoms with Gasteiger partial charge in [0.25, 0.3) is 5.91 Å². The first kappa shape index (κ1) is 20.8. The summed E-state index contributed by atoms with van der Waals surface area (Å²) in [5.41, 5.74) is 2.12. The van der Waals surface area contributed by atoms with Crippen molar-refractivity contribution in [3.8, 4) is 11.5 Å². The Morgan fingerprint density at radius 1 is 1.16 bits per heavy atom. The van der Waals surface area contributed by atoms with E-state index in [2.05, 4.69) is 10.6 Å². The lowest BCUT2D eigenvalue weighted by molar-refractivity contribution is -0.885. The van der Waals surface area contributed by atoms with Crippen LogP contribution in [0.25, 0.3) is 0 Å². The summed E-state index contributed by atoms with van der Waals surface area (Å²) in [5, 5.41) is 5.02. The number of urea groups is 1. The van der Waals surface area contributed by atoms with Crippen LogP contribution in [-0.4, -0.2) is 46.3 Å². The molecule has 3 amide bonds. The molecule has 7 nitrogen and oxygen atoms in total. The third-order valence-corrected chi connectivity index (χ3v) is 3.72. The standard InChI is InChI=1S/C18H29N3O4/c1-12(2)9-19-18(23)20-17(22)11-21(4)10-14-8-16(25-6)15(24-5)7-13(14)3/h7-8,12H,9-11H2,1-6H3,(H2,19,20,22,23)/p+1. The first-order chi connectivity index (χ1) is 11.8. The van der Waals surface area contributed by atoms with E-state index in [0.717, 1.165) is 16.0 Å². The molecule has 0 fully saturated rings. The van der Waals surface area contributed by atoms with Crippen molar-refractivity contribution in [3.63, 3.8) is 0 Å². The van der Waals surface area contributed by atoms with E-state index in [-0.39, 0.29) is 12.5 Å². The fraction of sp³-hybridized carbons (Fsp3) is 0.556. The molecule has 3 N–H and O–H groups in total. The van der Waals surface area contributed by atoms with Gasteiger partial charge < -0.3 is 19.7 Å². The Kier molecular flexibility index (Phi) is 8.21. The van der Waals surface area contributed by atoms with E-state index in [1.165, 1.54) is 0 Å². The molecule has 0 bridgehead atoms. The van der Waals surface area contributed by atoms with Crippen molar-refractivity contribution in [3.05, 3.63) is 23.3 Å². The Morgan fingerprint density at radius 2 is 1.76 bits per heavy atom. The fourth-order valence-corrected chi connectivity index (χ4v) is 2.39. The van der Waals surface area contributed by atoms with Gasteiger partial charge in [0.1, 0.15) is 6.54 Å². The zero-order chi connectivity index (χ0) is 19.0. The predicted octanol–water partition coefficient (Wildman–Crippen LogP) is 0.509. The number of carbonyl (C=O) groups excluding carboxylic acids is 2. The normalized spacial score (nSPS) is 11.8. The quantitative estimate of drug-likeness (QED) is 0.637. The van der Waals surface area contributed by atoms with Gasteiger partial charge in [-0.25, -0.2) is 4.79 Å². The highest BCUT2D eigenvalue weighted by Gasteiger charge is 2.16. The van der Waals surface area contributed by atoms with Gasteiger partial charge in [-0.05, 0) is 30.5 Å². The van der Waals surface area contributed by atoms with Gasteiger partial charge in [-0.1, -0.05) is 13.8 Å². The van der Waals surface area contributed by atoms with Crippen molar-refractivity contribution in [2.24, 2.45) is 5.92 Å². The Labute approximate surface area is 149 Å². The maximum absolute atomic E-state index is 12.0. The van der Waals surface area contributed by atoms with Crippen LogP contribution >= 0.6 is 0 Å². The maximum atomic E-state index is 12.0. The average molecular weight is 352 g/mol. The van der Waals surface area contributed by atoms with Crippen LogP contribution in [0, 0.1) is 12.8 Å². The minimum absolute atomic E-state index is 0.197. The highest BCUT2D eigenvalue weighted by atomic mass is 16.5. The third kappa shape index (κ3) is 7.01. The summed E-state index contributed by atoms with van der Waals surface area (Å²) in [4.78, 5) is 24.6. The summed E-state index contributed by atoms with van der Waals surface area (Å²) in [6.45, 7) is 7.34. The Hall–Kier alpha value is -2.28. The molecule has 1 atom stereocenters. The van der Waals surface area contributed by atoms with Crippen LogP contribution in [-0.2, 0) is 11.3 Å². The van der Waals surface area contributed by atoms with Crippen LogP contribution in [0.1, 0.15) is 25.0 Å². The second-order valence-corrected chi connectivity index (χ2v) is 6.60. The molecule has 1 aromatic carbocycles. The zero-order valence-electron chi connectivity index (χ0n) is 16.0. The number of carbonyl (C=O) groups is 2. The number of ether oxygens (including phenoxy) is 2. The van der Waals surface area contributed by atoms with Crippen LogP contribution in [0.2, 0.25) is 0 Å². The number of likely N-dealkylation sites (N-methyl/N-ethyl adjacent to an activating group) is 1. The van der Waals surface area contributed by atoms with E-state index in [4.69, 9.17) is 9.47 Å². The summed E-state index contributed by atoms with van der Waals surface area (Å²) < 4.78 is 10.6. The third-order valence-electron chi connectivity index (χ3n) is 3.72. The van der Waals surface area contributed by atoms with Gasteiger partial charge in [0.2, 0.25) is 0 Å². The lowest BCUT2D eigenvalue weighted by atomic mass is 10.1. The number of benzene rings is 1. The molecule has 25 heavy (non-hydrogen) atoms. The van der Waals surface area contributed by atoms with E-state index in [0.29, 0.717) is 30.5 Å². The highest BCUT2D eigenvalue weighted by molar-refractivity contribution is 5.94. The molecule has 0 aliphatic heterocycles. The van der Waals surface area contributed by atoms with E-state index in [1.54, 1.807) is 14.2 Å². The lowest BCUT2D eigenvalue weighted by Gasteiger charge is -2.17. The second-order valence-electron chi connectivity index (χ2n) is 6.60. The van der Waals surface area contributed by atoms with Crippen molar-refractivity contribution >= 4 is 11.9 Å². The minimum atomic E-state index is -0.450. The Bertz CT molecular complexity index is 602. The van der Waals surface area contributed by atoms with Gasteiger partial charge in [-0.2, -0.15) is 0 Å². The summed E-state index contributed by atoms with van der Waals surface area (Å²) in [6.07, 6.45) is 0. The topological polar surface area (TPSA) is 81.1 Å². The van der Waals surface area contributed by atoms with Crippen molar-refractivity contribution in [1.82, 2.24) is 10.6 Å². The van der Waals surface area contributed by atoms with E-state index in [9.17, 15) is 9.59 Å². The van der Waals surface area contributed by atoms with Crippen LogP contribution in [0.5, 0.6) is 11.5 Å². The molecule has 0 radical (unpaired) electrons. The maximum Gasteiger partial charge on any atom is 0.321 e. The number of methoxy groups -OCH3 is 2. The number of rotatable bonds is 8. The highest BCUT2D eigenvalue weighted by Crippen LogP contribution is 2.29. The fourth-order valence-electron chi connectivity index (χ4n) is 2.39. The number of quaternary nitrogens is 1. The van der Waals surface area contributed by atoms with Crippen LogP contribution in [0.4, 0.5) is 4.79 Å². The number of hydrogen-bond acceptors (Lipinski definition) is 4. The molecule has 0 aliphatic carbocycles. The molecule has 1 aromatic rings. The molecule has 0 spiro atoms. The molecule has 1 unspecified atom stereocenters. The molecule has 0 heterocycles. The first-order valence-corrected chi connectivity index (χ1v) is 8.37. The predicted molar refractivity (Wildman–Crippen MR) is 96.1 cm³/mol. The number of nitrogens with one attached hydrogen (secondary N) is 3. The molecular formula is C18H30N3O4+. The molecule has 0 saturated heterocycles. The van der Waals surface area contributed by atoms with Gasteiger partial charge in [0.15, 0.2) is 18.0 Å². The second kappa shape index (κ2) is 9.88. The van der Waals surface area contributed by atoms with Gasteiger partial charge in [0, 0.05) is 12.1 Å².